The summed E-state index contributed by atoms with van der Waals surface area (Å²) in [6.45, 7) is 9.15. The number of carbonyl (C=O) groups is 1. The van der Waals surface area contributed by atoms with Crippen LogP contribution in [0.4, 0.5) is 28.2 Å². The summed E-state index contributed by atoms with van der Waals surface area (Å²) < 4.78 is 67.3. The van der Waals surface area contributed by atoms with Crippen LogP contribution in [0.5, 0.6) is 5.75 Å². The molecule has 2 aromatic rings. The second-order valence-electron chi connectivity index (χ2n) is 9.13. The predicted molar refractivity (Wildman–Crippen MR) is 115 cm³/mol. The molecule has 1 saturated heterocycles. The summed E-state index contributed by atoms with van der Waals surface area (Å²) in [4.78, 5) is 21.8. The number of halogens is 4. The first kappa shape index (κ1) is 25.7. The molecule has 0 N–H and O–H groups in total. The van der Waals surface area contributed by atoms with E-state index in [2.05, 4.69) is 14.7 Å². The van der Waals surface area contributed by atoms with Crippen molar-refractivity contribution in [2.24, 2.45) is 0 Å². The van der Waals surface area contributed by atoms with Crippen molar-refractivity contribution >= 4 is 11.9 Å². The van der Waals surface area contributed by atoms with Crippen molar-refractivity contribution in [3.05, 3.63) is 47.7 Å². The molecule has 0 bridgehead atoms. The third-order valence-electron chi connectivity index (χ3n) is 5.14. The number of aromatic nitrogens is 2. The lowest BCUT2D eigenvalue weighted by molar-refractivity contribution is -0.274. The molecule has 0 saturated carbocycles. The number of alkyl halides is 3. The molecule has 186 valence electrons. The summed E-state index contributed by atoms with van der Waals surface area (Å²) in [5.74, 6) is -1.48. The van der Waals surface area contributed by atoms with Crippen LogP contribution in [0, 0.1) is 5.82 Å². The predicted octanol–water partition coefficient (Wildman–Crippen LogP) is 5.39. The number of cyclic esters (lactones) is 1. The molecule has 3 atom stereocenters. The molecule has 2 heterocycles. The van der Waals surface area contributed by atoms with Crippen LogP contribution in [-0.4, -0.2) is 46.8 Å². The SMILES string of the molecule is C[C@H](Cc1ncc(F)c(N2C(=O)OC[C@@H]2[C@@H](C)OC(C)(C)C)n1)c1cccc(OC(F)(F)F)c1. The van der Waals surface area contributed by atoms with Crippen LogP contribution in [0.3, 0.4) is 0 Å². The Bertz CT molecular complexity index is 1030. The Morgan fingerprint density at radius 2 is 1.94 bits per heavy atom. The Morgan fingerprint density at radius 1 is 1.24 bits per heavy atom. The van der Waals surface area contributed by atoms with Crippen LogP contribution in [0.1, 0.15) is 51.9 Å². The van der Waals surface area contributed by atoms with E-state index in [1.165, 1.54) is 18.2 Å². The van der Waals surface area contributed by atoms with Crippen LogP contribution < -0.4 is 9.64 Å². The number of nitrogens with zero attached hydrogens (tertiary/aromatic N) is 3. The van der Waals surface area contributed by atoms with Crippen molar-refractivity contribution < 1.29 is 36.6 Å². The van der Waals surface area contributed by atoms with Crippen molar-refractivity contribution in [3.63, 3.8) is 0 Å². The van der Waals surface area contributed by atoms with Gasteiger partial charge in [-0.25, -0.2) is 24.1 Å². The van der Waals surface area contributed by atoms with Crippen molar-refractivity contribution in [1.29, 1.82) is 0 Å². The molecule has 1 aromatic carbocycles. The largest absolute Gasteiger partial charge is 0.573 e. The molecule has 0 unspecified atom stereocenters. The van der Waals surface area contributed by atoms with Gasteiger partial charge in [-0.2, -0.15) is 0 Å². The van der Waals surface area contributed by atoms with E-state index in [9.17, 15) is 22.4 Å². The summed E-state index contributed by atoms with van der Waals surface area (Å²) in [6.07, 6.45) is -4.87. The molecule has 1 amide bonds. The van der Waals surface area contributed by atoms with Crippen LogP contribution in [0.25, 0.3) is 0 Å². The molecule has 1 aliphatic rings. The Hall–Kier alpha value is -2.95. The van der Waals surface area contributed by atoms with Crippen LogP contribution in [0.15, 0.2) is 30.5 Å². The smallest absolute Gasteiger partial charge is 0.447 e. The fourth-order valence-corrected chi connectivity index (χ4v) is 3.73. The topological polar surface area (TPSA) is 73.8 Å². The average Bonchev–Trinajstić information content (AvgIpc) is 3.08. The van der Waals surface area contributed by atoms with Crippen molar-refractivity contribution in [2.45, 2.75) is 71.1 Å². The molecule has 1 fully saturated rings. The van der Waals surface area contributed by atoms with Gasteiger partial charge in [0, 0.05) is 6.42 Å². The molecular formula is C23H27F4N3O4. The number of carbonyl (C=O) groups excluding carboxylic acids is 1. The molecule has 34 heavy (non-hydrogen) atoms. The number of anilines is 1. The van der Waals surface area contributed by atoms with E-state index in [1.54, 1.807) is 19.9 Å². The fraction of sp³-hybridized carbons (Fsp3) is 0.522. The van der Waals surface area contributed by atoms with Gasteiger partial charge in [-0.05, 0) is 51.3 Å². The first-order valence-electron chi connectivity index (χ1n) is 10.7. The third-order valence-corrected chi connectivity index (χ3v) is 5.14. The Kier molecular flexibility index (Phi) is 7.35. The van der Waals surface area contributed by atoms with Crippen molar-refractivity contribution in [2.75, 3.05) is 11.5 Å². The second kappa shape index (κ2) is 9.73. The third kappa shape index (κ3) is 6.55. The minimum absolute atomic E-state index is 0.0112. The zero-order valence-corrected chi connectivity index (χ0v) is 19.5. The summed E-state index contributed by atoms with van der Waals surface area (Å²) in [5, 5.41) is 0. The van der Waals surface area contributed by atoms with Crippen LogP contribution in [-0.2, 0) is 15.9 Å². The fourth-order valence-electron chi connectivity index (χ4n) is 3.73. The maximum absolute atomic E-state index is 14.7. The lowest BCUT2D eigenvalue weighted by Crippen LogP contribution is -2.45. The minimum atomic E-state index is -4.80. The zero-order valence-electron chi connectivity index (χ0n) is 19.5. The maximum atomic E-state index is 14.7. The van der Waals surface area contributed by atoms with E-state index in [0.29, 0.717) is 5.56 Å². The number of ether oxygens (including phenoxy) is 3. The maximum Gasteiger partial charge on any atom is 0.573 e. The van der Waals surface area contributed by atoms with Gasteiger partial charge in [0.2, 0.25) is 0 Å². The summed E-state index contributed by atoms with van der Waals surface area (Å²) in [6, 6.07) is 4.99. The number of hydrogen-bond donors (Lipinski definition) is 0. The van der Waals surface area contributed by atoms with Gasteiger partial charge in [0.05, 0.1) is 17.9 Å². The molecule has 7 nitrogen and oxygen atoms in total. The van der Waals surface area contributed by atoms with Gasteiger partial charge in [-0.3, -0.25) is 0 Å². The molecule has 1 aliphatic heterocycles. The van der Waals surface area contributed by atoms with Crippen LogP contribution >= 0.6 is 0 Å². The lowest BCUT2D eigenvalue weighted by atomic mass is 9.97. The highest BCUT2D eigenvalue weighted by Gasteiger charge is 2.42. The van der Waals surface area contributed by atoms with E-state index in [0.717, 1.165) is 11.1 Å². The van der Waals surface area contributed by atoms with E-state index >= 15 is 0 Å². The van der Waals surface area contributed by atoms with Gasteiger partial charge in [0.1, 0.15) is 24.2 Å². The molecule has 0 radical (unpaired) electrons. The molecule has 11 heteroatoms. The van der Waals surface area contributed by atoms with E-state index in [1.807, 2.05) is 20.8 Å². The van der Waals surface area contributed by atoms with Gasteiger partial charge in [0.15, 0.2) is 11.6 Å². The first-order valence-corrected chi connectivity index (χ1v) is 10.7. The van der Waals surface area contributed by atoms with Crippen molar-refractivity contribution in [1.82, 2.24) is 9.97 Å². The summed E-state index contributed by atoms with van der Waals surface area (Å²) in [5.41, 5.74) is 0.0632. The van der Waals surface area contributed by atoms with Gasteiger partial charge >= 0.3 is 12.5 Å². The van der Waals surface area contributed by atoms with Gasteiger partial charge in [0.25, 0.3) is 0 Å². The molecule has 1 aromatic heterocycles. The highest BCUT2D eigenvalue weighted by atomic mass is 19.4. The van der Waals surface area contributed by atoms with E-state index in [-0.39, 0.29) is 36.3 Å². The normalized spacial score (nSPS) is 18.6. The van der Waals surface area contributed by atoms with Gasteiger partial charge in [-0.1, -0.05) is 19.1 Å². The second-order valence-corrected chi connectivity index (χ2v) is 9.13. The van der Waals surface area contributed by atoms with Crippen molar-refractivity contribution in [3.8, 4) is 5.75 Å². The summed E-state index contributed by atoms with van der Waals surface area (Å²) >= 11 is 0. The molecular weight excluding hydrogens is 458 g/mol. The first-order chi connectivity index (χ1) is 15.7. The monoisotopic (exact) mass is 485 g/mol. The standard InChI is InChI=1S/C23H27F4N3O4/c1-13(15-7-6-8-16(10-15)34-23(25,26)27)9-19-28-11-17(24)20(29-19)30-18(12-32-21(30)31)14(2)33-22(3,4)5/h6-8,10-11,13-14,18H,9,12H2,1-5H3/t13-,14-,18-/m1/s1. The van der Waals surface area contributed by atoms with E-state index in [4.69, 9.17) is 9.47 Å². The minimum Gasteiger partial charge on any atom is -0.447 e. The Morgan fingerprint density at radius 3 is 2.59 bits per heavy atom. The van der Waals surface area contributed by atoms with Gasteiger partial charge in [-0.15, -0.1) is 13.2 Å². The Labute approximate surface area is 195 Å². The molecule has 0 spiro atoms. The number of amides is 1. The summed E-state index contributed by atoms with van der Waals surface area (Å²) in [7, 11) is 0. The highest BCUT2D eigenvalue weighted by molar-refractivity contribution is 5.89. The van der Waals surface area contributed by atoms with E-state index < -0.39 is 36.0 Å². The molecule has 0 aliphatic carbocycles. The zero-order chi connectivity index (χ0) is 25.3. The number of hydrogen-bond acceptors (Lipinski definition) is 6. The average molecular weight is 485 g/mol. The number of benzene rings is 1. The Balaban J connectivity index is 1.82. The number of rotatable bonds is 7. The highest BCUT2D eigenvalue weighted by Crippen LogP contribution is 2.30. The molecule has 3 rings (SSSR count). The van der Waals surface area contributed by atoms with Gasteiger partial charge < -0.3 is 14.2 Å². The lowest BCUT2D eigenvalue weighted by Gasteiger charge is -2.31. The quantitative estimate of drug-likeness (QED) is 0.490. The van der Waals surface area contributed by atoms with Crippen LogP contribution in [0.2, 0.25) is 0 Å².